The van der Waals surface area contributed by atoms with E-state index in [2.05, 4.69) is 9.62 Å². The van der Waals surface area contributed by atoms with Crippen molar-refractivity contribution in [3.63, 3.8) is 0 Å². The normalized spacial score (nSPS) is 20.8. The van der Waals surface area contributed by atoms with E-state index in [9.17, 15) is 13.2 Å². The summed E-state index contributed by atoms with van der Waals surface area (Å²) < 4.78 is 28.0. The maximum atomic E-state index is 13.7. The molecule has 10 nitrogen and oxygen atoms in total. The van der Waals surface area contributed by atoms with E-state index in [1.54, 1.807) is 28.8 Å². The van der Waals surface area contributed by atoms with E-state index >= 15 is 0 Å². The van der Waals surface area contributed by atoms with Gasteiger partial charge in [0.2, 0.25) is 10.0 Å². The number of para-hydroxylation sites is 1. The lowest BCUT2D eigenvalue weighted by atomic mass is 9.98. The number of aryl methyl sites for hydroxylation is 1. The van der Waals surface area contributed by atoms with E-state index in [4.69, 9.17) is 15.8 Å². The number of carbonyl (C=O) groups excluding carboxylic acids is 1. The quantitative estimate of drug-likeness (QED) is 0.521. The van der Waals surface area contributed by atoms with Crippen LogP contribution >= 0.6 is 0 Å². The van der Waals surface area contributed by atoms with Gasteiger partial charge in [0.25, 0.3) is 5.91 Å². The first-order chi connectivity index (χ1) is 17.2. The van der Waals surface area contributed by atoms with Crippen molar-refractivity contribution in [2.75, 3.05) is 42.1 Å². The third kappa shape index (κ3) is 4.90. The lowest BCUT2D eigenvalue weighted by Gasteiger charge is -2.35. The summed E-state index contributed by atoms with van der Waals surface area (Å²) in [5.41, 5.74) is 9.09. The number of carbonyl (C=O) groups is 1. The van der Waals surface area contributed by atoms with E-state index < -0.39 is 10.0 Å². The number of anilines is 2. The van der Waals surface area contributed by atoms with E-state index in [1.807, 2.05) is 24.1 Å². The smallest absolute Gasteiger partial charge is 0.256 e. The van der Waals surface area contributed by atoms with Crippen molar-refractivity contribution >= 4 is 33.1 Å². The van der Waals surface area contributed by atoms with Gasteiger partial charge in [0.15, 0.2) is 5.65 Å². The third-order valence-electron chi connectivity index (χ3n) is 7.10. The third-order valence-corrected chi connectivity index (χ3v) is 7.69. The zero-order chi connectivity index (χ0) is 25.4. The molecule has 2 fully saturated rings. The van der Waals surface area contributed by atoms with Crippen molar-refractivity contribution in [2.24, 2.45) is 11.7 Å². The van der Waals surface area contributed by atoms with Crippen LogP contribution in [0.4, 0.5) is 11.5 Å². The molecule has 3 N–H and O–H groups in total. The number of nitrogens with zero attached hydrogens (tertiary/aromatic N) is 5. The number of fused-ring (bicyclic) bond motifs is 1. The molecule has 5 rings (SSSR count). The van der Waals surface area contributed by atoms with Crippen LogP contribution in [-0.2, 0) is 10.0 Å². The van der Waals surface area contributed by atoms with Gasteiger partial charge in [-0.1, -0.05) is 12.1 Å². The Morgan fingerprint density at radius 2 is 2.00 bits per heavy atom. The first kappa shape index (κ1) is 24.5. The van der Waals surface area contributed by atoms with Crippen molar-refractivity contribution in [1.82, 2.24) is 19.5 Å². The molecule has 0 saturated carbocycles. The second-order valence-corrected chi connectivity index (χ2v) is 11.6. The van der Waals surface area contributed by atoms with E-state index in [-0.39, 0.29) is 17.6 Å². The average Bonchev–Trinajstić information content (AvgIpc) is 3.49. The largest absolute Gasteiger partial charge is 0.356 e. The molecule has 0 aliphatic carbocycles. The first-order valence-corrected chi connectivity index (χ1v) is 14.3. The Hall–Kier alpha value is -3.18. The number of likely N-dealkylation sites (tertiary alicyclic amines) is 1. The number of piperidine rings is 1. The van der Waals surface area contributed by atoms with Crippen LogP contribution in [0.3, 0.4) is 0 Å². The summed E-state index contributed by atoms with van der Waals surface area (Å²) in [7, 11) is -3.52. The fourth-order valence-corrected chi connectivity index (χ4v) is 5.89. The summed E-state index contributed by atoms with van der Waals surface area (Å²) in [6, 6.07) is 8.48. The molecule has 4 heterocycles. The van der Waals surface area contributed by atoms with Crippen molar-refractivity contribution in [3.05, 3.63) is 53.3 Å². The highest BCUT2D eigenvalue weighted by Gasteiger charge is 2.32. The minimum absolute atomic E-state index is 0.210. The number of nitrogens with two attached hydrogens (primary N) is 1. The number of amides is 1. The number of sulfonamides is 1. The summed E-state index contributed by atoms with van der Waals surface area (Å²) in [5.74, 6) is 1.24. The van der Waals surface area contributed by atoms with Crippen LogP contribution in [0, 0.1) is 12.8 Å². The van der Waals surface area contributed by atoms with Gasteiger partial charge in [-0.25, -0.2) is 17.9 Å². The van der Waals surface area contributed by atoms with Crippen LogP contribution in [0.25, 0.3) is 5.65 Å². The monoisotopic (exact) mass is 511 g/mol. The van der Waals surface area contributed by atoms with Gasteiger partial charge in [-0.15, -0.1) is 0 Å². The Morgan fingerprint density at radius 1 is 1.19 bits per heavy atom. The number of benzene rings is 1. The molecule has 3 aromatic rings. The highest BCUT2D eigenvalue weighted by Crippen LogP contribution is 2.34. The predicted molar refractivity (Wildman–Crippen MR) is 140 cm³/mol. The number of hydrogen-bond donors (Lipinski definition) is 2. The topological polar surface area (TPSA) is 126 Å². The molecule has 2 atom stereocenters. The Kier molecular flexibility index (Phi) is 6.60. The predicted octanol–water partition coefficient (Wildman–Crippen LogP) is 2.56. The van der Waals surface area contributed by atoms with Crippen molar-refractivity contribution in [2.45, 2.75) is 38.6 Å². The zero-order valence-electron chi connectivity index (χ0n) is 20.7. The summed E-state index contributed by atoms with van der Waals surface area (Å²) in [4.78, 5) is 22.7. The highest BCUT2D eigenvalue weighted by atomic mass is 32.2. The van der Waals surface area contributed by atoms with Gasteiger partial charge >= 0.3 is 0 Å². The molecule has 2 aliphatic rings. The fourth-order valence-electron chi connectivity index (χ4n) is 5.31. The lowest BCUT2D eigenvalue weighted by Crippen LogP contribution is -2.39. The molecule has 11 heteroatoms. The number of hydrogen-bond acceptors (Lipinski definition) is 7. The molecule has 2 aromatic heterocycles. The summed E-state index contributed by atoms with van der Waals surface area (Å²) in [6.07, 6.45) is 6.80. The Morgan fingerprint density at radius 3 is 2.75 bits per heavy atom. The van der Waals surface area contributed by atoms with Crippen LogP contribution in [0.5, 0.6) is 0 Å². The molecule has 2 saturated heterocycles. The summed E-state index contributed by atoms with van der Waals surface area (Å²) in [5, 5.41) is 4.81. The average molecular weight is 512 g/mol. The first-order valence-electron chi connectivity index (χ1n) is 12.4. The number of rotatable bonds is 6. The SMILES string of the molecule is Cc1cn2nc(C3CCCCN3C(=O)c3ccccc3NS(C)(=O)=O)cc2nc1N1CCC(CN)C1. The van der Waals surface area contributed by atoms with Gasteiger partial charge in [0.05, 0.1) is 29.2 Å². The van der Waals surface area contributed by atoms with Crippen LogP contribution in [0.15, 0.2) is 36.5 Å². The second kappa shape index (κ2) is 9.70. The maximum Gasteiger partial charge on any atom is 0.256 e. The molecule has 0 radical (unpaired) electrons. The molecular weight excluding hydrogens is 478 g/mol. The standard InChI is InChI=1S/C25H33N7O3S/c1-17-15-32-23(27-24(17)30-12-10-18(14-26)16-30)13-21(28-32)22-9-5-6-11-31(22)25(33)19-7-3-4-8-20(19)29-36(2,34)35/h3-4,7-8,13,15,18,22,29H,5-6,9-12,14,16,26H2,1-2H3. The van der Waals surface area contributed by atoms with E-state index in [1.165, 1.54) is 0 Å². The molecular formula is C25H33N7O3S. The number of nitrogens with one attached hydrogen (secondary N) is 1. The Bertz CT molecular complexity index is 1390. The summed E-state index contributed by atoms with van der Waals surface area (Å²) >= 11 is 0. The van der Waals surface area contributed by atoms with Crippen LogP contribution in [0.2, 0.25) is 0 Å². The van der Waals surface area contributed by atoms with Gasteiger partial charge in [-0.3, -0.25) is 9.52 Å². The molecule has 0 spiro atoms. The van der Waals surface area contributed by atoms with Crippen molar-refractivity contribution < 1.29 is 13.2 Å². The molecule has 192 valence electrons. The molecule has 1 aromatic carbocycles. The van der Waals surface area contributed by atoms with E-state index in [0.717, 1.165) is 67.8 Å². The van der Waals surface area contributed by atoms with Gasteiger partial charge < -0.3 is 15.5 Å². The minimum atomic E-state index is -3.52. The molecule has 2 unspecified atom stereocenters. The highest BCUT2D eigenvalue weighted by molar-refractivity contribution is 7.92. The van der Waals surface area contributed by atoms with Gasteiger partial charge in [-0.05, 0) is 57.2 Å². The molecule has 1 amide bonds. The molecule has 0 bridgehead atoms. The maximum absolute atomic E-state index is 13.7. The summed E-state index contributed by atoms with van der Waals surface area (Å²) in [6.45, 7) is 5.16. The zero-order valence-corrected chi connectivity index (χ0v) is 21.5. The second-order valence-electron chi connectivity index (χ2n) is 9.89. The minimum Gasteiger partial charge on any atom is -0.356 e. The van der Waals surface area contributed by atoms with Gasteiger partial charge in [0.1, 0.15) is 5.82 Å². The van der Waals surface area contributed by atoms with Crippen molar-refractivity contribution in [1.29, 1.82) is 0 Å². The Labute approximate surface area is 211 Å². The van der Waals surface area contributed by atoms with Crippen molar-refractivity contribution in [3.8, 4) is 0 Å². The fraction of sp³-hybridized carbons (Fsp3) is 0.480. The molecule has 36 heavy (non-hydrogen) atoms. The number of aromatic nitrogens is 3. The lowest BCUT2D eigenvalue weighted by molar-refractivity contribution is 0.0607. The van der Waals surface area contributed by atoms with Crippen LogP contribution in [-0.4, -0.2) is 66.3 Å². The van der Waals surface area contributed by atoms with Crippen LogP contribution in [0.1, 0.15) is 53.3 Å². The van der Waals surface area contributed by atoms with Crippen LogP contribution < -0.4 is 15.4 Å². The van der Waals surface area contributed by atoms with Gasteiger partial charge in [0, 0.05) is 37.5 Å². The van der Waals surface area contributed by atoms with Gasteiger partial charge in [-0.2, -0.15) is 5.10 Å². The van der Waals surface area contributed by atoms with E-state index in [0.29, 0.717) is 24.6 Å². The molecule has 2 aliphatic heterocycles. The Balaban J connectivity index is 1.46.